The molecule has 1 aromatic carbocycles. The van der Waals surface area contributed by atoms with Crippen molar-refractivity contribution in [2.24, 2.45) is 0 Å². The summed E-state index contributed by atoms with van der Waals surface area (Å²) in [5.41, 5.74) is 2.64. The minimum absolute atomic E-state index is 0.000764. The first-order chi connectivity index (χ1) is 8.19. The smallest absolute Gasteiger partial charge is 0.317 e. The first-order valence-corrected chi connectivity index (χ1v) is 5.52. The van der Waals surface area contributed by atoms with E-state index in [0.717, 1.165) is 16.7 Å². The van der Waals surface area contributed by atoms with E-state index in [2.05, 4.69) is 11.8 Å². The van der Waals surface area contributed by atoms with Gasteiger partial charge in [-0.15, -0.1) is 0 Å². The van der Waals surface area contributed by atoms with Gasteiger partial charge in [0.1, 0.15) is 6.42 Å². The fraction of sp³-hybridized carbons (Fsp3) is 0.357. The van der Waals surface area contributed by atoms with E-state index in [1.165, 1.54) is 0 Å². The van der Waals surface area contributed by atoms with E-state index in [-0.39, 0.29) is 19.0 Å². The summed E-state index contributed by atoms with van der Waals surface area (Å²) in [5, 5.41) is 9.10. The molecule has 0 saturated carbocycles. The highest BCUT2D eigenvalue weighted by atomic mass is 16.5. The molecule has 0 fully saturated rings. The third-order valence-corrected chi connectivity index (χ3v) is 2.38. The van der Waals surface area contributed by atoms with Crippen LogP contribution in [0.4, 0.5) is 0 Å². The highest BCUT2D eigenvalue weighted by Gasteiger charge is 2.00. The Morgan fingerprint density at radius 1 is 1.47 bits per heavy atom. The van der Waals surface area contributed by atoms with Crippen LogP contribution in [-0.4, -0.2) is 17.7 Å². The highest BCUT2D eigenvalue weighted by Crippen LogP contribution is 2.12. The van der Waals surface area contributed by atoms with E-state index in [1.807, 2.05) is 25.1 Å². The van der Waals surface area contributed by atoms with Gasteiger partial charge in [-0.25, -0.2) is 0 Å². The van der Waals surface area contributed by atoms with Gasteiger partial charge in [-0.3, -0.25) is 4.79 Å². The van der Waals surface area contributed by atoms with Crippen LogP contribution in [0, 0.1) is 18.8 Å². The molecule has 0 atom stereocenters. The standard InChI is InChI=1S/C14H16O3/c1-3-17-14(16)9-5-7-12-6-4-8-13(10-15)11(12)2/h4,6,8,15H,3,9-10H2,1-2H3. The van der Waals surface area contributed by atoms with Crippen LogP contribution in [0.25, 0.3) is 0 Å². The zero-order valence-corrected chi connectivity index (χ0v) is 10.1. The molecular formula is C14H16O3. The lowest BCUT2D eigenvalue weighted by Gasteiger charge is -2.03. The lowest BCUT2D eigenvalue weighted by Crippen LogP contribution is -2.01. The van der Waals surface area contributed by atoms with Crippen LogP contribution < -0.4 is 0 Å². The van der Waals surface area contributed by atoms with Gasteiger partial charge < -0.3 is 9.84 Å². The second kappa shape index (κ2) is 6.72. The average Bonchev–Trinajstić information content (AvgIpc) is 2.32. The zero-order chi connectivity index (χ0) is 12.7. The number of aliphatic hydroxyl groups is 1. The molecule has 0 aliphatic heterocycles. The van der Waals surface area contributed by atoms with Crippen molar-refractivity contribution in [3.05, 3.63) is 34.9 Å². The number of carbonyl (C=O) groups is 1. The maximum Gasteiger partial charge on any atom is 0.317 e. The Morgan fingerprint density at radius 3 is 2.88 bits per heavy atom. The minimum atomic E-state index is -0.309. The van der Waals surface area contributed by atoms with Crippen LogP contribution in [0.3, 0.4) is 0 Å². The predicted molar refractivity (Wildman–Crippen MR) is 65.2 cm³/mol. The molecule has 0 spiro atoms. The van der Waals surface area contributed by atoms with Gasteiger partial charge in [0.15, 0.2) is 0 Å². The summed E-state index contributed by atoms with van der Waals surface area (Å²) in [6.07, 6.45) is 0.0939. The molecule has 0 saturated heterocycles. The van der Waals surface area contributed by atoms with Crippen LogP contribution in [-0.2, 0) is 16.1 Å². The lowest BCUT2D eigenvalue weighted by atomic mass is 10.0. The van der Waals surface area contributed by atoms with Crippen LogP contribution in [0.15, 0.2) is 18.2 Å². The van der Waals surface area contributed by atoms with E-state index in [9.17, 15) is 4.79 Å². The fourth-order valence-corrected chi connectivity index (χ4v) is 1.41. The quantitative estimate of drug-likeness (QED) is 0.638. The summed E-state index contributed by atoms with van der Waals surface area (Å²) in [6, 6.07) is 5.56. The van der Waals surface area contributed by atoms with Crippen molar-refractivity contribution in [3.8, 4) is 11.8 Å². The minimum Gasteiger partial charge on any atom is -0.465 e. The number of benzene rings is 1. The molecular weight excluding hydrogens is 216 g/mol. The third kappa shape index (κ3) is 3.93. The maximum absolute atomic E-state index is 11.1. The summed E-state index contributed by atoms with van der Waals surface area (Å²) < 4.78 is 4.77. The normalized spacial score (nSPS) is 9.35. The molecule has 0 heterocycles. The van der Waals surface area contributed by atoms with Crippen molar-refractivity contribution in [1.82, 2.24) is 0 Å². The number of hydrogen-bond donors (Lipinski definition) is 1. The molecule has 1 N–H and O–H groups in total. The second-order valence-corrected chi connectivity index (χ2v) is 3.53. The number of ether oxygens (including phenoxy) is 1. The third-order valence-electron chi connectivity index (χ3n) is 2.38. The molecule has 1 rings (SSSR count). The molecule has 1 aromatic rings. The van der Waals surface area contributed by atoms with Crippen molar-refractivity contribution < 1.29 is 14.6 Å². The number of aliphatic hydroxyl groups excluding tert-OH is 1. The van der Waals surface area contributed by atoms with Crippen molar-refractivity contribution in [1.29, 1.82) is 0 Å². The molecule has 0 amide bonds. The second-order valence-electron chi connectivity index (χ2n) is 3.53. The van der Waals surface area contributed by atoms with Crippen molar-refractivity contribution in [3.63, 3.8) is 0 Å². The van der Waals surface area contributed by atoms with Crippen molar-refractivity contribution in [2.45, 2.75) is 26.9 Å². The van der Waals surface area contributed by atoms with Gasteiger partial charge in [0.2, 0.25) is 0 Å². The first kappa shape index (κ1) is 13.3. The predicted octanol–water partition coefficient (Wildman–Crippen LogP) is 1.79. The SMILES string of the molecule is CCOC(=O)CC#Cc1cccc(CO)c1C. The van der Waals surface area contributed by atoms with Gasteiger partial charge in [0.25, 0.3) is 0 Å². The monoisotopic (exact) mass is 232 g/mol. The van der Waals surface area contributed by atoms with E-state index < -0.39 is 0 Å². The molecule has 90 valence electrons. The lowest BCUT2D eigenvalue weighted by molar-refractivity contribution is -0.141. The largest absolute Gasteiger partial charge is 0.465 e. The Balaban J connectivity index is 2.75. The number of esters is 1. The number of rotatable bonds is 3. The molecule has 3 nitrogen and oxygen atoms in total. The summed E-state index contributed by atoms with van der Waals surface area (Å²) in [5.74, 6) is 5.38. The van der Waals surface area contributed by atoms with Gasteiger partial charge in [-0.1, -0.05) is 24.0 Å². The molecule has 3 heteroatoms. The summed E-state index contributed by atoms with van der Waals surface area (Å²) >= 11 is 0. The van der Waals surface area contributed by atoms with E-state index >= 15 is 0 Å². The van der Waals surface area contributed by atoms with Crippen LogP contribution >= 0.6 is 0 Å². The van der Waals surface area contributed by atoms with Crippen molar-refractivity contribution >= 4 is 5.97 Å². The van der Waals surface area contributed by atoms with Crippen molar-refractivity contribution in [2.75, 3.05) is 6.61 Å². The zero-order valence-electron chi connectivity index (χ0n) is 10.1. The van der Waals surface area contributed by atoms with Gasteiger partial charge in [-0.05, 0) is 31.0 Å². The van der Waals surface area contributed by atoms with E-state index in [1.54, 1.807) is 6.92 Å². The van der Waals surface area contributed by atoms with Gasteiger partial charge in [0, 0.05) is 5.56 Å². The first-order valence-electron chi connectivity index (χ1n) is 5.52. The molecule has 0 bridgehead atoms. The molecule has 17 heavy (non-hydrogen) atoms. The van der Waals surface area contributed by atoms with Crippen LogP contribution in [0.2, 0.25) is 0 Å². The van der Waals surface area contributed by atoms with Crippen LogP contribution in [0.1, 0.15) is 30.0 Å². The summed E-state index contributed by atoms with van der Waals surface area (Å²) in [4.78, 5) is 11.1. The van der Waals surface area contributed by atoms with Gasteiger partial charge in [-0.2, -0.15) is 0 Å². The Kier molecular flexibility index (Phi) is 5.25. The molecule has 0 radical (unpaired) electrons. The Labute approximate surface area is 101 Å². The fourth-order valence-electron chi connectivity index (χ4n) is 1.41. The Hall–Kier alpha value is -1.79. The number of hydrogen-bond acceptors (Lipinski definition) is 3. The topological polar surface area (TPSA) is 46.5 Å². The highest BCUT2D eigenvalue weighted by molar-refractivity contribution is 5.72. The molecule has 0 aromatic heterocycles. The summed E-state index contributed by atoms with van der Waals surface area (Å²) in [7, 11) is 0. The van der Waals surface area contributed by atoms with E-state index in [0.29, 0.717) is 6.61 Å². The van der Waals surface area contributed by atoms with Crippen LogP contribution in [0.5, 0.6) is 0 Å². The molecule has 0 aliphatic carbocycles. The van der Waals surface area contributed by atoms with Gasteiger partial charge in [0.05, 0.1) is 13.2 Å². The van der Waals surface area contributed by atoms with Gasteiger partial charge >= 0.3 is 5.97 Å². The number of carbonyl (C=O) groups excluding carboxylic acids is 1. The Bertz CT molecular complexity index is 452. The summed E-state index contributed by atoms with van der Waals surface area (Å²) in [6.45, 7) is 4.04. The van der Waals surface area contributed by atoms with E-state index in [4.69, 9.17) is 9.84 Å². The molecule has 0 unspecified atom stereocenters. The maximum atomic E-state index is 11.1. The molecule has 0 aliphatic rings. The average molecular weight is 232 g/mol. The Morgan fingerprint density at radius 2 is 2.24 bits per heavy atom.